The second kappa shape index (κ2) is 8.66. The van der Waals surface area contributed by atoms with Gasteiger partial charge in [-0.25, -0.2) is 0 Å². The van der Waals surface area contributed by atoms with Gasteiger partial charge in [-0.05, 0) is 36.6 Å². The van der Waals surface area contributed by atoms with Gasteiger partial charge in [0.1, 0.15) is 0 Å². The zero-order valence-corrected chi connectivity index (χ0v) is 15.5. The Bertz CT molecular complexity index is 836. The molecule has 0 radical (unpaired) electrons. The topological polar surface area (TPSA) is 78.5 Å². The van der Waals surface area contributed by atoms with Crippen molar-refractivity contribution < 1.29 is 14.4 Å². The lowest BCUT2D eigenvalue weighted by Gasteiger charge is -2.31. The molecule has 0 atom stereocenters. The molecule has 6 heteroatoms. The number of hydrogen-bond acceptors (Lipinski definition) is 3. The van der Waals surface area contributed by atoms with E-state index >= 15 is 0 Å². The van der Waals surface area contributed by atoms with E-state index in [0.29, 0.717) is 38.0 Å². The Morgan fingerprint density at radius 3 is 2.44 bits per heavy atom. The number of fused-ring (bicyclic) bond motifs is 1. The molecule has 1 fully saturated rings. The Balaban J connectivity index is 1.58. The van der Waals surface area contributed by atoms with Crippen molar-refractivity contribution in [3.63, 3.8) is 0 Å². The summed E-state index contributed by atoms with van der Waals surface area (Å²) in [6, 6.07) is 13.6. The zero-order chi connectivity index (χ0) is 19.2. The van der Waals surface area contributed by atoms with E-state index in [-0.39, 0.29) is 30.2 Å². The molecule has 0 aliphatic carbocycles. The van der Waals surface area contributed by atoms with Crippen LogP contribution < -0.4 is 10.6 Å². The standard InChI is InChI=1S/C21H25N3O3/c1-2-22-19(25)14-23-20(26)16-10-12-24(13-11-16)21(27)18-9-5-7-15-6-3-4-8-17(15)18/h3-9,16H,2,10-14H2,1H3,(H,22,25)(H,23,26). The largest absolute Gasteiger partial charge is 0.355 e. The number of nitrogens with zero attached hydrogens (tertiary/aromatic N) is 1. The number of benzene rings is 2. The summed E-state index contributed by atoms with van der Waals surface area (Å²) in [5.41, 5.74) is 0.701. The number of rotatable bonds is 5. The Morgan fingerprint density at radius 2 is 1.70 bits per heavy atom. The van der Waals surface area contributed by atoms with Gasteiger partial charge >= 0.3 is 0 Å². The summed E-state index contributed by atoms with van der Waals surface area (Å²) >= 11 is 0. The van der Waals surface area contributed by atoms with Crippen LogP contribution >= 0.6 is 0 Å². The van der Waals surface area contributed by atoms with E-state index in [1.165, 1.54) is 0 Å². The second-order valence-electron chi connectivity index (χ2n) is 6.76. The van der Waals surface area contributed by atoms with Crippen LogP contribution in [0.15, 0.2) is 42.5 Å². The van der Waals surface area contributed by atoms with Crippen LogP contribution in [0.2, 0.25) is 0 Å². The van der Waals surface area contributed by atoms with Crippen LogP contribution in [-0.2, 0) is 9.59 Å². The van der Waals surface area contributed by atoms with Gasteiger partial charge in [0.15, 0.2) is 0 Å². The van der Waals surface area contributed by atoms with Gasteiger partial charge in [0, 0.05) is 31.1 Å². The first kappa shape index (κ1) is 18.9. The van der Waals surface area contributed by atoms with Crippen LogP contribution in [0.3, 0.4) is 0 Å². The highest BCUT2D eigenvalue weighted by atomic mass is 16.2. The number of likely N-dealkylation sites (tertiary alicyclic amines) is 1. The summed E-state index contributed by atoms with van der Waals surface area (Å²) in [4.78, 5) is 38.5. The average Bonchev–Trinajstić information content (AvgIpc) is 2.71. The van der Waals surface area contributed by atoms with E-state index < -0.39 is 0 Å². The van der Waals surface area contributed by atoms with E-state index in [4.69, 9.17) is 0 Å². The second-order valence-corrected chi connectivity index (χ2v) is 6.76. The van der Waals surface area contributed by atoms with Crippen molar-refractivity contribution >= 4 is 28.5 Å². The summed E-state index contributed by atoms with van der Waals surface area (Å²) in [5.74, 6) is -0.447. The van der Waals surface area contributed by atoms with Crippen LogP contribution in [0.4, 0.5) is 0 Å². The molecular formula is C21H25N3O3. The molecule has 1 heterocycles. The molecule has 2 N–H and O–H groups in total. The lowest BCUT2D eigenvalue weighted by atomic mass is 9.95. The molecule has 0 bridgehead atoms. The molecule has 1 saturated heterocycles. The number of hydrogen-bond donors (Lipinski definition) is 2. The highest BCUT2D eigenvalue weighted by molar-refractivity contribution is 6.07. The summed E-state index contributed by atoms with van der Waals surface area (Å²) in [5, 5.41) is 7.33. The average molecular weight is 367 g/mol. The molecule has 3 rings (SSSR count). The highest BCUT2D eigenvalue weighted by Crippen LogP contribution is 2.23. The monoisotopic (exact) mass is 367 g/mol. The van der Waals surface area contributed by atoms with Gasteiger partial charge < -0.3 is 15.5 Å². The molecule has 1 aliphatic rings. The number of carbonyl (C=O) groups excluding carboxylic acids is 3. The van der Waals surface area contributed by atoms with E-state index in [2.05, 4.69) is 10.6 Å². The predicted molar refractivity (Wildman–Crippen MR) is 104 cm³/mol. The Labute approximate surface area is 158 Å². The first-order valence-electron chi connectivity index (χ1n) is 9.41. The van der Waals surface area contributed by atoms with Gasteiger partial charge in [-0.2, -0.15) is 0 Å². The first-order chi connectivity index (χ1) is 13.1. The van der Waals surface area contributed by atoms with Crippen LogP contribution in [0.5, 0.6) is 0 Å². The quantitative estimate of drug-likeness (QED) is 0.848. The predicted octanol–water partition coefficient (Wildman–Crippen LogP) is 1.94. The van der Waals surface area contributed by atoms with E-state index in [1.807, 2.05) is 54.3 Å². The van der Waals surface area contributed by atoms with Gasteiger partial charge in [-0.1, -0.05) is 36.4 Å². The van der Waals surface area contributed by atoms with Gasteiger partial charge in [0.25, 0.3) is 5.91 Å². The normalized spacial score (nSPS) is 14.8. The van der Waals surface area contributed by atoms with Crippen LogP contribution in [0.25, 0.3) is 10.8 Å². The smallest absolute Gasteiger partial charge is 0.254 e. The fourth-order valence-corrected chi connectivity index (χ4v) is 3.50. The summed E-state index contributed by atoms with van der Waals surface area (Å²) in [6.07, 6.45) is 1.22. The third-order valence-electron chi connectivity index (χ3n) is 4.97. The molecule has 0 saturated carbocycles. The Hall–Kier alpha value is -2.89. The van der Waals surface area contributed by atoms with Crippen molar-refractivity contribution in [3.8, 4) is 0 Å². The third kappa shape index (κ3) is 4.45. The molecule has 6 nitrogen and oxygen atoms in total. The molecule has 2 aromatic rings. The summed E-state index contributed by atoms with van der Waals surface area (Å²) in [6.45, 7) is 3.47. The third-order valence-corrected chi connectivity index (χ3v) is 4.97. The van der Waals surface area contributed by atoms with Crippen LogP contribution in [0.1, 0.15) is 30.1 Å². The van der Waals surface area contributed by atoms with Crippen molar-refractivity contribution in [2.45, 2.75) is 19.8 Å². The van der Waals surface area contributed by atoms with Gasteiger partial charge in [0.05, 0.1) is 6.54 Å². The van der Waals surface area contributed by atoms with Crippen molar-refractivity contribution in [2.75, 3.05) is 26.2 Å². The molecule has 1 aliphatic heterocycles. The summed E-state index contributed by atoms with van der Waals surface area (Å²) in [7, 11) is 0. The number of nitrogens with one attached hydrogen (secondary N) is 2. The lowest BCUT2D eigenvalue weighted by molar-refractivity contribution is -0.129. The van der Waals surface area contributed by atoms with Crippen molar-refractivity contribution in [1.82, 2.24) is 15.5 Å². The van der Waals surface area contributed by atoms with E-state index in [1.54, 1.807) is 0 Å². The number of likely N-dealkylation sites (N-methyl/N-ethyl adjacent to an activating group) is 1. The minimum Gasteiger partial charge on any atom is -0.355 e. The summed E-state index contributed by atoms with van der Waals surface area (Å²) < 4.78 is 0. The molecule has 142 valence electrons. The van der Waals surface area contributed by atoms with E-state index in [0.717, 1.165) is 10.8 Å². The van der Waals surface area contributed by atoms with Gasteiger partial charge in [-0.3, -0.25) is 14.4 Å². The molecule has 3 amide bonds. The number of amides is 3. The fraction of sp³-hybridized carbons (Fsp3) is 0.381. The number of piperidine rings is 1. The molecule has 0 spiro atoms. The Morgan fingerprint density at radius 1 is 1.00 bits per heavy atom. The minimum absolute atomic E-state index is 0.00181. The van der Waals surface area contributed by atoms with E-state index in [9.17, 15) is 14.4 Å². The zero-order valence-electron chi connectivity index (χ0n) is 15.5. The minimum atomic E-state index is -0.186. The number of carbonyl (C=O) groups is 3. The fourth-order valence-electron chi connectivity index (χ4n) is 3.50. The van der Waals surface area contributed by atoms with Crippen molar-refractivity contribution in [2.24, 2.45) is 5.92 Å². The van der Waals surface area contributed by atoms with Gasteiger partial charge in [-0.15, -0.1) is 0 Å². The van der Waals surface area contributed by atoms with Gasteiger partial charge in [0.2, 0.25) is 11.8 Å². The molecule has 0 unspecified atom stereocenters. The van der Waals surface area contributed by atoms with Crippen molar-refractivity contribution in [1.29, 1.82) is 0 Å². The van der Waals surface area contributed by atoms with Crippen LogP contribution in [0, 0.1) is 5.92 Å². The highest BCUT2D eigenvalue weighted by Gasteiger charge is 2.28. The lowest BCUT2D eigenvalue weighted by Crippen LogP contribution is -2.45. The molecule has 2 aromatic carbocycles. The van der Waals surface area contributed by atoms with Crippen molar-refractivity contribution in [3.05, 3.63) is 48.0 Å². The maximum Gasteiger partial charge on any atom is 0.254 e. The van der Waals surface area contributed by atoms with Crippen LogP contribution in [-0.4, -0.2) is 48.8 Å². The SMILES string of the molecule is CCNC(=O)CNC(=O)C1CCN(C(=O)c2cccc3ccccc23)CC1. The Kier molecular flexibility index (Phi) is 6.06. The maximum absolute atomic E-state index is 12.9. The molecular weight excluding hydrogens is 342 g/mol. The molecule has 27 heavy (non-hydrogen) atoms. The maximum atomic E-state index is 12.9. The first-order valence-corrected chi connectivity index (χ1v) is 9.41. The molecule has 0 aromatic heterocycles.